The molecule has 2 aliphatic carbocycles. The van der Waals surface area contributed by atoms with Gasteiger partial charge in [-0.25, -0.2) is 0 Å². The van der Waals surface area contributed by atoms with Crippen LogP contribution in [0.1, 0.15) is 92.9 Å². The van der Waals surface area contributed by atoms with E-state index in [2.05, 4.69) is 46.4 Å². The largest absolute Gasteiger partial charge is 0.431 e. The van der Waals surface area contributed by atoms with Crippen LogP contribution in [0.4, 0.5) is 14.5 Å². The smallest absolute Gasteiger partial charge is 0.420 e. The SMILES string of the molecule is CC(C)[Si](OCC(F)(F)Oc1ccc(N(CC2(N)CCC2)C2CCCCC2)cc1)(C(C)C)C(C)C. The van der Waals surface area contributed by atoms with Crippen LogP contribution in [0.3, 0.4) is 0 Å². The highest BCUT2D eigenvalue weighted by molar-refractivity contribution is 6.77. The topological polar surface area (TPSA) is 47.7 Å². The van der Waals surface area contributed by atoms with Crippen LogP contribution in [-0.4, -0.2) is 39.2 Å². The summed E-state index contributed by atoms with van der Waals surface area (Å²) in [7, 11) is -2.40. The van der Waals surface area contributed by atoms with Gasteiger partial charge in [0.25, 0.3) is 0 Å². The molecule has 4 nitrogen and oxygen atoms in total. The highest BCUT2D eigenvalue weighted by Crippen LogP contribution is 2.43. The van der Waals surface area contributed by atoms with E-state index in [0.29, 0.717) is 6.04 Å². The summed E-state index contributed by atoms with van der Waals surface area (Å²) in [5.41, 5.74) is 8.26. The normalized spacial score (nSPS) is 19.3. The molecule has 2 aliphatic rings. The van der Waals surface area contributed by atoms with Gasteiger partial charge in [0.2, 0.25) is 8.32 Å². The first-order valence-electron chi connectivity index (χ1n) is 13.7. The maximum absolute atomic E-state index is 14.9. The van der Waals surface area contributed by atoms with Crippen LogP contribution < -0.4 is 15.4 Å². The van der Waals surface area contributed by atoms with Crippen molar-refractivity contribution in [1.82, 2.24) is 0 Å². The van der Waals surface area contributed by atoms with Gasteiger partial charge in [-0.15, -0.1) is 0 Å². The minimum absolute atomic E-state index is 0.128. The summed E-state index contributed by atoms with van der Waals surface area (Å²) < 4.78 is 41.1. The van der Waals surface area contributed by atoms with Crippen LogP contribution >= 0.6 is 0 Å². The Morgan fingerprint density at radius 1 is 0.943 bits per heavy atom. The molecule has 0 heterocycles. The van der Waals surface area contributed by atoms with Gasteiger partial charge in [-0.3, -0.25) is 0 Å². The number of benzene rings is 1. The monoisotopic (exact) mass is 510 g/mol. The van der Waals surface area contributed by atoms with Crippen molar-refractivity contribution in [2.45, 2.75) is 127 Å². The average molecular weight is 511 g/mol. The van der Waals surface area contributed by atoms with Crippen LogP contribution in [0.15, 0.2) is 24.3 Å². The van der Waals surface area contributed by atoms with Gasteiger partial charge < -0.3 is 19.8 Å². The zero-order chi connectivity index (χ0) is 25.9. The van der Waals surface area contributed by atoms with E-state index >= 15 is 0 Å². The number of anilines is 1. The maximum Gasteiger partial charge on any atom is 0.420 e. The van der Waals surface area contributed by atoms with Crippen LogP contribution in [0.2, 0.25) is 16.6 Å². The third kappa shape index (κ3) is 6.78. The lowest BCUT2D eigenvalue weighted by Gasteiger charge is -2.46. The lowest BCUT2D eigenvalue weighted by molar-refractivity contribution is -0.198. The Kier molecular flexibility index (Phi) is 9.30. The van der Waals surface area contributed by atoms with E-state index in [1.165, 1.54) is 25.7 Å². The Balaban J connectivity index is 1.69. The van der Waals surface area contributed by atoms with Crippen molar-refractivity contribution < 1.29 is 17.9 Å². The molecule has 0 unspecified atom stereocenters. The molecule has 0 atom stereocenters. The zero-order valence-electron chi connectivity index (χ0n) is 22.8. The molecule has 1 aromatic rings. The second-order valence-corrected chi connectivity index (χ2v) is 17.4. The number of rotatable bonds is 12. The molecule has 0 amide bonds. The summed E-state index contributed by atoms with van der Waals surface area (Å²) in [4.78, 5) is 2.43. The minimum Gasteiger partial charge on any atom is -0.431 e. The molecule has 0 saturated heterocycles. The minimum atomic E-state index is -3.38. The fourth-order valence-electron chi connectivity index (χ4n) is 6.57. The Morgan fingerprint density at radius 2 is 1.49 bits per heavy atom. The van der Waals surface area contributed by atoms with Crippen molar-refractivity contribution in [2.24, 2.45) is 5.73 Å². The Labute approximate surface area is 213 Å². The second-order valence-electron chi connectivity index (χ2n) is 12.0. The van der Waals surface area contributed by atoms with Crippen molar-refractivity contribution in [1.29, 1.82) is 0 Å². The molecule has 0 aliphatic heterocycles. The molecule has 2 N–H and O–H groups in total. The molecule has 200 valence electrons. The number of hydrogen-bond acceptors (Lipinski definition) is 4. The van der Waals surface area contributed by atoms with Crippen LogP contribution in [0, 0.1) is 0 Å². The summed E-state index contributed by atoms with van der Waals surface area (Å²) in [6.07, 6.45) is 6.00. The van der Waals surface area contributed by atoms with E-state index in [-0.39, 0.29) is 27.9 Å². The summed E-state index contributed by atoms with van der Waals surface area (Å²) >= 11 is 0. The van der Waals surface area contributed by atoms with Crippen LogP contribution in [0.5, 0.6) is 5.75 Å². The maximum atomic E-state index is 14.9. The lowest BCUT2D eigenvalue weighted by Crippen LogP contribution is -2.57. The number of halogens is 2. The van der Waals surface area contributed by atoms with Crippen molar-refractivity contribution in [3.05, 3.63) is 24.3 Å². The number of nitrogens with two attached hydrogens (primary N) is 1. The molecule has 0 bridgehead atoms. The van der Waals surface area contributed by atoms with Gasteiger partial charge in [0.15, 0.2) is 0 Å². The molecule has 0 radical (unpaired) electrons. The van der Waals surface area contributed by atoms with Crippen LogP contribution in [0.25, 0.3) is 0 Å². The predicted octanol–water partition coefficient (Wildman–Crippen LogP) is 7.87. The summed E-state index contributed by atoms with van der Waals surface area (Å²) in [5, 5.41) is 0. The molecular formula is C28H48F2N2O2Si. The molecule has 2 saturated carbocycles. The number of alkyl halides is 2. The number of nitrogens with zero attached hydrogens (tertiary/aromatic N) is 1. The number of ether oxygens (including phenoxy) is 1. The van der Waals surface area contributed by atoms with E-state index in [9.17, 15) is 8.78 Å². The van der Waals surface area contributed by atoms with E-state index in [0.717, 1.165) is 37.9 Å². The molecule has 1 aromatic carbocycles. The van der Waals surface area contributed by atoms with Gasteiger partial charge in [-0.1, -0.05) is 60.8 Å². The second kappa shape index (κ2) is 11.5. The third-order valence-corrected chi connectivity index (χ3v) is 14.5. The van der Waals surface area contributed by atoms with Gasteiger partial charge in [0, 0.05) is 23.8 Å². The molecule has 7 heteroatoms. The zero-order valence-corrected chi connectivity index (χ0v) is 23.8. The van der Waals surface area contributed by atoms with Crippen molar-refractivity contribution in [3.8, 4) is 5.75 Å². The third-order valence-electron chi connectivity index (χ3n) is 8.48. The van der Waals surface area contributed by atoms with Gasteiger partial charge in [0.1, 0.15) is 12.4 Å². The fourth-order valence-corrected chi connectivity index (χ4v) is 12.0. The summed E-state index contributed by atoms with van der Waals surface area (Å²) in [6, 6.07) is 7.63. The standard InChI is InChI=1S/C28H48F2N2O2Si/c1-21(2)35(22(3)4,23(5)6)33-20-28(29,30)34-26-15-13-25(14-16-26)32(19-27(31)17-10-18-27)24-11-8-7-9-12-24/h13-16,21-24H,7-12,17-20,31H2,1-6H3. The Morgan fingerprint density at radius 3 is 1.94 bits per heavy atom. The fraction of sp³-hybridized carbons (Fsp3) is 0.786. The van der Waals surface area contributed by atoms with Gasteiger partial charge >= 0.3 is 6.11 Å². The Bertz CT molecular complexity index is 769. The predicted molar refractivity (Wildman–Crippen MR) is 144 cm³/mol. The summed E-state index contributed by atoms with van der Waals surface area (Å²) in [6.45, 7) is 12.7. The van der Waals surface area contributed by atoms with Crippen LogP contribution in [-0.2, 0) is 4.43 Å². The van der Waals surface area contributed by atoms with E-state index in [1.54, 1.807) is 12.1 Å². The Hall–Kier alpha value is -1.18. The van der Waals surface area contributed by atoms with Gasteiger partial charge in [-0.2, -0.15) is 8.78 Å². The first kappa shape index (κ1) is 28.4. The van der Waals surface area contributed by atoms with Crippen molar-refractivity contribution in [2.75, 3.05) is 18.1 Å². The van der Waals surface area contributed by atoms with E-state index < -0.39 is 21.0 Å². The first-order valence-corrected chi connectivity index (χ1v) is 15.9. The molecule has 35 heavy (non-hydrogen) atoms. The van der Waals surface area contributed by atoms with Crippen molar-refractivity contribution in [3.63, 3.8) is 0 Å². The van der Waals surface area contributed by atoms with Gasteiger partial charge in [-0.05, 0) is 73.0 Å². The number of hydrogen-bond donors (Lipinski definition) is 1. The molecule has 2 fully saturated rings. The highest BCUT2D eigenvalue weighted by atomic mass is 28.4. The van der Waals surface area contributed by atoms with E-state index in [1.807, 2.05) is 12.1 Å². The molecular weight excluding hydrogens is 462 g/mol. The molecule has 3 rings (SSSR count). The summed E-state index contributed by atoms with van der Waals surface area (Å²) in [5.74, 6) is 0.169. The average Bonchev–Trinajstić information content (AvgIpc) is 2.77. The first-order chi connectivity index (χ1) is 16.4. The van der Waals surface area contributed by atoms with Gasteiger partial charge in [0.05, 0.1) is 0 Å². The molecule has 0 spiro atoms. The van der Waals surface area contributed by atoms with Crippen molar-refractivity contribution >= 4 is 14.0 Å². The van der Waals surface area contributed by atoms with E-state index in [4.69, 9.17) is 14.9 Å². The lowest BCUT2D eigenvalue weighted by atomic mass is 9.76. The quantitative estimate of drug-likeness (QED) is 0.291. The highest BCUT2D eigenvalue weighted by Gasteiger charge is 2.48. The molecule has 0 aromatic heterocycles.